The molecule has 3 rings (SSSR count). The highest BCUT2D eigenvalue weighted by atomic mass is 16.5. The molecule has 1 aromatic carbocycles. The number of fused-ring (bicyclic) bond motifs is 3. The summed E-state index contributed by atoms with van der Waals surface area (Å²) in [7, 11) is 1.63. The lowest BCUT2D eigenvalue weighted by molar-refractivity contribution is -0.140. The topological polar surface area (TPSA) is 54.6 Å². The third-order valence-electron chi connectivity index (χ3n) is 4.69. The quantitative estimate of drug-likeness (QED) is 0.829. The molecule has 5 nitrogen and oxygen atoms in total. The van der Waals surface area contributed by atoms with Crippen LogP contribution in [0.2, 0.25) is 0 Å². The van der Waals surface area contributed by atoms with Crippen LogP contribution in [-0.2, 0) is 20.7 Å². The van der Waals surface area contributed by atoms with E-state index in [1.807, 2.05) is 11.0 Å². The zero-order valence-electron chi connectivity index (χ0n) is 14.7. The average Bonchev–Trinajstić information content (AvgIpc) is 2.96. The normalized spacial score (nSPS) is 17.5. The Kier molecular flexibility index (Phi) is 5.21. The number of aromatic amines is 1. The van der Waals surface area contributed by atoms with Crippen LogP contribution in [-0.4, -0.2) is 49.3 Å². The van der Waals surface area contributed by atoms with E-state index in [9.17, 15) is 4.79 Å². The van der Waals surface area contributed by atoms with Crippen molar-refractivity contribution in [2.24, 2.45) is 5.92 Å². The van der Waals surface area contributed by atoms with Gasteiger partial charge in [-0.3, -0.25) is 4.79 Å². The van der Waals surface area contributed by atoms with E-state index in [1.165, 1.54) is 16.6 Å². The van der Waals surface area contributed by atoms with Gasteiger partial charge in [0.1, 0.15) is 6.61 Å². The molecule has 130 valence electrons. The number of para-hydroxylation sites is 1. The van der Waals surface area contributed by atoms with E-state index >= 15 is 0 Å². The van der Waals surface area contributed by atoms with Crippen molar-refractivity contribution in [3.63, 3.8) is 0 Å². The van der Waals surface area contributed by atoms with Crippen molar-refractivity contribution in [3.05, 3.63) is 35.5 Å². The molecule has 0 saturated carbocycles. The molecule has 0 spiro atoms. The second-order valence-electron chi connectivity index (χ2n) is 6.63. The number of carbonyl (C=O) groups is 1. The van der Waals surface area contributed by atoms with Crippen LogP contribution in [0.3, 0.4) is 0 Å². The number of nitrogens with zero attached hydrogens (tertiary/aromatic N) is 1. The molecule has 1 N–H and O–H groups in total. The lowest BCUT2D eigenvalue weighted by Crippen LogP contribution is -2.44. The lowest BCUT2D eigenvalue weighted by Gasteiger charge is -2.38. The van der Waals surface area contributed by atoms with Gasteiger partial charge in [-0.15, -0.1) is 0 Å². The van der Waals surface area contributed by atoms with E-state index in [-0.39, 0.29) is 18.6 Å². The molecule has 1 aromatic heterocycles. The average molecular weight is 330 g/mol. The highest BCUT2D eigenvalue weighted by Gasteiger charge is 2.34. The number of nitrogens with one attached hydrogen (secondary N) is 1. The maximum Gasteiger partial charge on any atom is 0.249 e. The lowest BCUT2D eigenvalue weighted by atomic mass is 9.90. The van der Waals surface area contributed by atoms with Crippen LogP contribution in [0.15, 0.2) is 24.3 Å². The Labute approximate surface area is 142 Å². The number of hydrogen-bond acceptors (Lipinski definition) is 3. The molecule has 0 bridgehead atoms. The maximum absolute atomic E-state index is 12.6. The summed E-state index contributed by atoms with van der Waals surface area (Å²) >= 11 is 0. The third-order valence-corrected chi connectivity index (χ3v) is 4.69. The van der Waals surface area contributed by atoms with E-state index in [2.05, 4.69) is 37.0 Å². The first-order valence-electron chi connectivity index (χ1n) is 8.59. The minimum Gasteiger partial charge on any atom is -0.382 e. The summed E-state index contributed by atoms with van der Waals surface area (Å²) in [4.78, 5) is 18.2. The number of rotatable bonds is 6. The predicted molar refractivity (Wildman–Crippen MR) is 94.0 cm³/mol. The second kappa shape index (κ2) is 7.36. The minimum atomic E-state index is 0.0501. The van der Waals surface area contributed by atoms with Gasteiger partial charge < -0.3 is 19.4 Å². The van der Waals surface area contributed by atoms with Crippen molar-refractivity contribution >= 4 is 16.8 Å². The third kappa shape index (κ3) is 3.19. The maximum atomic E-state index is 12.6. The molecule has 1 aliphatic heterocycles. The number of carbonyl (C=O) groups excluding carboxylic acids is 1. The number of amides is 1. The fraction of sp³-hybridized carbons (Fsp3) is 0.526. The van der Waals surface area contributed by atoms with Crippen LogP contribution in [0, 0.1) is 5.92 Å². The highest BCUT2D eigenvalue weighted by Crippen LogP contribution is 2.38. The van der Waals surface area contributed by atoms with Crippen LogP contribution >= 0.6 is 0 Å². The first kappa shape index (κ1) is 17.0. The van der Waals surface area contributed by atoms with Crippen molar-refractivity contribution in [2.45, 2.75) is 26.3 Å². The van der Waals surface area contributed by atoms with Gasteiger partial charge in [-0.1, -0.05) is 32.0 Å². The van der Waals surface area contributed by atoms with E-state index < -0.39 is 0 Å². The Bertz CT molecular complexity index is 708. The summed E-state index contributed by atoms with van der Waals surface area (Å²) in [5, 5.41) is 1.28. The van der Waals surface area contributed by atoms with E-state index in [4.69, 9.17) is 9.47 Å². The van der Waals surface area contributed by atoms with E-state index in [1.54, 1.807) is 7.11 Å². The molecule has 1 amide bonds. The van der Waals surface area contributed by atoms with E-state index in [0.29, 0.717) is 19.1 Å². The molecule has 24 heavy (non-hydrogen) atoms. The minimum absolute atomic E-state index is 0.0501. The van der Waals surface area contributed by atoms with E-state index in [0.717, 1.165) is 18.5 Å². The molecular formula is C19H26N2O3. The number of hydrogen-bond donors (Lipinski definition) is 1. The summed E-state index contributed by atoms with van der Waals surface area (Å²) in [5.74, 6) is 0.383. The number of methoxy groups -OCH3 is 1. The van der Waals surface area contributed by atoms with Gasteiger partial charge in [0.2, 0.25) is 5.91 Å². The Morgan fingerprint density at radius 2 is 2.12 bits per heavy atom. The Hall–Kier alpha value is -1.85. The van der Waals surface area contributed by atoms with Crippen LogP contribution in [0.1, 0.15) is 31.1 Å². The van der Waals surface area contributed by atoms with Gasteiger partial charge in [0.05, 0.1) is 19.3 Å². The molecule has 0 saturated heterocycles. The molecule has 0 unspecified atom stereocenters. The van der Waals surface area contributed by atoms with Gasteiger partial charge in [0.15, 0.2) is 0 Å². The number of benzene rings is 1. The molecule has 0 fully saturated rings. The van der Waals surface area contributed by atoms with Gasteiger partial charge in [0.25, 0.3) is 0 Å². The predicted octanol–water partition coefficient (Wildman–Crippen LogP) is 2.91. The first-order valence-corrected chi connectivity index (χ1v) is 8.59. The summed E-state index contributed by atoms with van der Waals surface area (Å²) in [5.41, 5.74) is 3.69. The van der Waals surface area contributed by atoms with Gasteiger partial charge in [0, 0.05) is 30.3 Å². The molecule has 5 heteroatoms. The van der Waals surface area contributed by atoms with Crippen molar-refractivity contribution in [2.75, 3.05) is 33.5 Å². The van der Waals surface area contributed by atoms with Crippen LogP contribution in [0.25, 0.3) is 10.9 Å². The molecule has 1 atom stereocenters. The van der Waals surface area contributed by atoms with Gasteiger partial charge in [-0.25, -0.2) is 0 Å². The highest BCUT2D eigenvalue weighted by molar-refractivity contribution is 5.86. The fourth-order valence-electron chi connectivity index (χ4n) is 3.63. The van der Waals surface area contributed by atoms with Crippen molar-refractivity contribution in [1.29, 1.82) is 0 Å². The summed E-state index contributed by atoms with van der Waals surface area (Å²) in [6.07, 6.45) is 0.881. The smallest absolute Gasteiger partial charge is 0.249 e. The fourth-order valence-corrected chi connectivity index (χ4v) is 3.63. The Morgan fingerprint density at radius 1 is 1.33 bits per heavy atom. The Morgan fingerprint density at radius 3 is 2.88 bits per heavy atom. The van der Waals surface area contributed by atoms with Gasteiger partial charge in [-0.05, 0) is 24.0 Å². The van der Waals surface area contributed by atoms with Crippen molar-refractivity contribution in [1.82, 2.24) is 9.88 Å². The Balaban J connectivity index is 1.84. The number of H-pyrrole nitrogens is 1. The molecule has 0 aliphatic carbocycles. The molecule has 0 radical (unpaired) electrons. The summed E-state index contributed by atoms with van der Waals surface area (Å²) < 4.78 is 10.4. The van der Waals surface area contributed by atoms with Crippen LogP contribution < -0.4 is 0 Å². The zero-order valence-corrected chi connectivity index (χ0v) is 14.7. The number of ether oxygens (including phenoxy) is 2. The molecule has 2 heterocycles. The molecule has 1 aliphatic rings. The SMILES string of the molecule is COCCOCC(=O)N1CCc2c([nH]c3ccccc23)[C@@H]1C(C)C. The largest absolute Gasteiger partial charge is 0.382 e. The molecular weight excluding hydrogens is 304 g/mol. The zero-order chi connectivity index (χ0) is 17.1. The van der Waals surface area contributed by atoms with Crippen molar-refractivity contribution in [3.8, 4) is 0 Å². The van der Waals surface area contributed by atoms with Crippen LogP contribution in [0.5, 0.6) is 0 Å². The first-order chi connectivity index (χ1) is 11.6. The van der Waals surface area contributed by atoms with Crippen LogP contribution in [0.4, 0.5) is 0 Å². The monoisotopic (exact) mass is 330 g/mol. The summed E-state index contributed by atoms with van der Waals surface area (Å²) in [6.45, 7) is 6.13. The van der Waals surface area contributed by atoms with Crippen molar-refractivity contribution < 1.29 is 14.3 Å². The molecule has 2 aromatic rings. The second-order valence-corrected chi connectivity index (χ2v) is 6.63. The number of aromatic nitrogens is 1. The van der Waals surface area contributed by atoms with Gasteiger partial charge in [-0.2, -0.15) is 0 Å². The van der Waals surface area contributed by atoms with Gasteiger partial charge >= 0.3 is 0 Å². The standard InChI is InChI=1S/C19H26N2O3/c1-13(2)19-18-15(14-6-4-5-7-16(14)20-18)8-9-21(19)17(22)12-24-11-10-23-3/h4-7,13,19-20H,8-12H2,1-3H3/t19-/m0/s1. The summed E-state index contributed by atoms with van der Waals surface area (Å²) in [6, 6.07) is 8.45.